The van der Waals surface area contributed by atoms with Gasteiger partial charge in [0.25, 0.3) is 10.0 Å². The van der Waals surface area contributed by atoms with Crippen molar-refractivity contribution in [2.24, 2.45) is 0 Å². The summed E-state index contributed by atoms with van der Waals surface area (Å²) in [5.41, 5.74) is 1.78. The number of rotatable bonds is 8. The minimum Gasteiger partial charge on any atom is -0.339 e. The number of carbonyl (C=O) groups is 2. The topological polar surface area (TPSA) is 83.6 Å². The van der Waals surface area contributed by atoms with Gasteiger partial charge in [0, 0.05) is 42.6 Å². The maximum Gasteiger partial charge on any atom is 0.264 e. The Morgan fingerprint density at radius 3 is 2.34 bits per heavy atom. The summed E-state index contributed by atoms with van der Waals surface area (Å²) >= 11 is 6.47. The molecule has 6 nitrogen and oxygen atoms in total. The molecule has 0 aliphatic carbocycles. The highest BCUT2D eigenvalue weighted by atomic mass is 35.5. The molecule has 0 atom stereocenters. The summed E-state index contributed by atoms with van der Waals surface area (Å²) in [6.45, 7) is 6.05. The van der Waals surface area contributed by atoms with Gasteiger partial charge in [0.05, 0.1) is 4.90 Å². The molecule has 2 aromatic rings. The van der Waals surface area contributed by atoms with Crippen LogP contribution < -0.4 is 4.72 Å². The summed E-state index contributed by atoms with van der Waals surface area (Å²) in [6.07, 6.45) is 1.28. The average molecular weight is 437 g/mol. The minimum absolute atomic E-state index is 0.0295. The molecule has 1 N–H and O–H groups in total. The second-order valence-electron chi connectivity index (χ2n) is 6.63. The van der Waals surface area contributed by atoms with E-state index in [9.17, 15) is 18.0 Å². The Bertz CT molecular complexity index is 1010. The molecular weight excluding hydrogens is 412 g/mol. The second-order valence-corrected chi connectivity index (χ2v) is 8.69. The van der Waals surface area contributed by atoms with Crippen LogP contribution in [0.1, 0.15) is 39.2 Å². The normalized spacial score (nSPS) is 11.2. The maximum atomic E-state index is 12.5. The third kappa shape index (κ3) is 5.81. The van der Waals surface area contributed by atoms with Crippen LogP contribution in [0.5, 0.6) is 0 Å². The largest absolute Gasteiger partial charge is 0.339 e. The molecule has 0 aromatic heterocycles. The van der Waals surface area contributed by atoms with E-state index in [1.54, 1.807) is 35.2 Å². The Balaban J connectivity index is 2.39. The number of amides is 2. The lowest BCUT2D eigenvalue weighted by atomic mass is 10.0. The molecule has 0 saturated heterocycles. The van der Waals surface area contributed by atoms with E-state index in [1.807, 2.05) is 24.6 Å². The fourth-order valence-electron chi connectivity index (χ4n) is 3.01. The number of nitrogens with zero attached hydrogens (tertiary/aromatic N) is 1. The maximum absolute atomic E-state index is 12.5. The van der Waals surface area contributed by atoms with E-state index in [1.165, 1.54) is 6.07 Å². The van der Waals surface area contributed by atoms with Crippen LogP contribution in [0.15, 0.2) is 47.4 Å². The highest BCUT2D eigenvalue weighted by Crippen LogP contribution is 2.33. The summed E-state index contributed by atoms with van der Waals surface area (Å²) < 4.78 is 27.0. The Labute approximate surface area is 176 Å². The average Bonchev–Trinajstić information content (AvgIpc) is 2.65. The summed E-state index contributed by atoms with van der Waals surface area (Å²) in [7, 11) is -4.02. The van der Waals surface area contributed by atoms with Crippen LogP contribution in [-0.2, 0) is 26.2 Å². The Morgan fingerprint density at radius 1 is 1.07 bits per heavy atom. The molecule has 0 radical (unpaired) electrons. The molecule has 0 saturated carbocycles. The number of sulfonamides is 1. The molecule has 0 fully saturated rings. The van der Waals surface area contributed by atoms with Crippen LogP contribution in [0.2, 0.25) is 5.02 Å². The first-order chi connectivity index (χ1) is 13.7. The van der Waals surface area contributed by atoms with Crippen molar-refractivity contribution in [3.63, 3.8) is 0 Å². The van der Waals surface area contributed by atoms with E-state index in [0.717, 1.165) is 18.9 Å². The highest BCUT2D eigenvalue weighted by molar-refractivity contribution is 7.90. The molecule has 0 aliphatic heterocycles. The van der Waals surface area contributed by atoms with E-state index in [2.05, 4.69) is 0 Å². The van der Waals surface area contributed by atoms with Crippen LogP contribution in [0.4, 0.5) is 0 Å². The fourth-order valence-corrected chi connectivity index (χ4v) is 4.53. The molecule has 2 rings (SSSR count). The van der Waals surface area contributed by atoms with Crippen molar-refractivity contribution >= 4 is 33.4 Å². The lowest BCUT2D eigenvalue weighted by molar-refractivity contribution is -0.131. The molecule has 2 amide bonds. The van der Waals surface area contributed by atoms with E-state index < -0.39 is 15.9 Å². The SMILES string of the molecule is CCCC(=O)N(CC)Cc1ccc(-c2ccccc2S(=O)(=O)NC(C)=O)c(Cl)c1. The van der Waals surface area contributed by atoms with Gasteiger partial charge in [0.1, 0.15) is 0 Å². The molecular formula is C21H25ClN2O4S. The Hall–Kier alpha value is -2.38. The van der Waals surface area contributed by atoms with Gasteiger partial charge in [-0.2, -0.15) is 0 Å². The number of halogens is 1. The predicted molar refractivity (Wildman–Crippen MR) is 114 cm³/mol. The van der Waals surface area contributed by atoms with Gasteiger partial charge in [-0.05, 0) is 31.0 Å². The number of nitrogens with one attached hydrogen (secondary N) is 1. The van der Waals surface area contributed by atoms with Gasteiger partial charge >= 0.3 is 0 Å². The first-order valence-electron chi connectivity index (χ1n) is 9.38. The number of hydrogen-bond donors (Lipinski definition) is 1. The molecule has 0 unspecified atom stereocenters. The fraction of sp³-hybridized carbons (Fsp3) is 0.333. The van der Waals surface area contributed by atoms with Gasteiger partial charge in [-0.3, -0.25) is 9.59 Å². The summed E-state index contributed by atoms with van der Waals surface area (Å²) in [5, 5.41) is 0.368. The number of benzene rings is 2. The van der Waals surface area contributed by atoms with Crippen molar-refractivity contribution in [3.8, 4) is 11.1 Å². The lowest BCUT2D eigenvalue weighted by Crippen LogP contribution is -2.29. The molecule has 0 bridgehead atoms. The van der Waals surface area contributed by atoms with Crippen LogP contribution in [-0.4, -0.2) is 31.7 Å². The third-order valence-corrected chi connectivity index (χ3v) is 6.15. The molecule has 156 valence electrons. The third-order valence-electron chi connectivity index (χ3n) is 4.35. The monoisotopic (exact) mass is 436 g/mol. The molecule has 0 heterocycles. The molecule has 2 aromatic carbocycles. The van der Waals surface area contributed by atoms with Gasteiger partial charge in [0.15, 0.2) is 0 Å². The van der Waals surface area contributed by atoms with Crippen LogP contribution in [0, 0.1) is 0 Å². The molecule has 0 aliphatic rings. The molecule has 0 spiro atoms. The summed E-state index contributed by atoms with van der Waals surface area (Å²) in [5.74, 6) is -0.584. The van der Waals surface area contributed by atoms with Crippen LogP contribution in [0.3, 0.4) is 0 Å². The van der Waals surface area contributed by atoms with E-state index in [0.29, 0.717) is 35.7 Å². The van der Waals surface area contributed by atoms with E-state index in [4.69, 9.17) is 11.6 Å². The first-order valence-corrected chi connectivity index (χ1v) is 11.2. The highest BCUT2D eigenvalue weighted by Gasteiger charge is 2.21. The van der Waals surface area contributed by atoms with Crippen LogP contribution >= 0.6 is 11.6 Å². The van der Waals surface area contributed by atoms with E-state index in [-0.39, 0.29) is 10.8 Å². The first kappa shape index (κ1) is 22.9. The minimum atomic E-state index is -4.02. The number of carbonyl (C=O) groups excluding carboxylic acids is 2. The number of hydrogen-bond acceptors (Lipinski definition) is 4. The van der Waals surface area contributed by atoms with Crippen molar-refractivity contribution in [2.75, 3.05) is 6.54 Å². The second kappa shape index (κ2) is 9.89. The standard InChI is InChI=1S/C21H25ClN2O4S/c1-4-8-21(26)24(5-2)14-16-11-12-17(19(22)13-16)18-9-6-7-10-20(18)29(27,28)23-15(3)25/h6-7,9-13H,4-5,8,14H2,1-3H3,(H,23,25). The quantitative estimate of drug-likeness (QED) is 0.678. The summed E-state index contributed by atoms with van der Waals surface area (Å²) in [4.78, 5) is 25.2. The van der Waals surface area contributed by atoms with Gasteiger partial charge in [-0.15, -0.1) is 0 Å². The van der Waals surface area contributed by atoms with Gasteiger partial charge in [-0.1, -0.05) is 48.9 Å². The summed E-state index contributed by atoms with van der Waals surface area (Å²) in [6, 6.07) is 11.6. The van der Waals surface area contributed by atoms with Crippen molar-refractivity contribution in [1.29, 1.82) is 0 Å². The zero-order valence-electron chi connectivity index (χ0n) is 16.7. The molecule has 29 heavy (non-hydrogen) atoms. The predicted octanol–water partition coefficient (Wildman–Crippen LogP) is 3.98. The van der Waals surface area contributed by atoms with Crippen molar-refractivity contribution in [2.45, 2.75) is 45.1 Å². The Morgan fingerprint density at radius 2 is 1.76 bits per heavy atom. The zero-order valence-corrected chi connectivity index (χ0v) is 18.3. The van der Waals surface area contributed by atoms with Crippen molar-refractivity contribution in [3.05, 3.63) is 53.1 Å². The van der Waals surface area contributed by atoms with Crippen molar-refractivity contribution in [1.82, 2.24) is 9.62 Å². The lowest BCUT2D eigenvalue weighted by Gasteiger charge is -2.21. The van der Waals surface area contributed by atoms with Gasteiger partial charge in [0.2, 0.25) is 11.8 Å². The van der Waals surface area contributed by atoms with Crippen LogP contribution in [0.25, 0.3) is 11.1 Å². The van der Waals surface area contributed by atoms with Gasteiger partial charge < -0.3 is 4.90 Å². The Kier molecular flexibility index (Phi) is 7.81. The smallest absolute Gasteiger partial charge is 0.264 e. The van der Waals surface area contributed by atoms with E-state index >= 15 is 0 Å². The van der Waals surface area contributed by atoms with Gasteiger partial charge in [-0.25, -0.2) is 13.1 Å². The van der Waals surface area contributed by atoms with Crippen molar-refractivity contribution < 1.29 is 18.0 Å². The molecule has 8 heteroatoms. The zero-order chi connectivity index (χ0) is 21.6.